The number of nitrogens with one attached hydrogen (secondary N) is 1. The summed E-state index contributed by atoms with van der Waals surface area (Å²) in [5.41, 5.74) is 0.421. The van der Waals surface area contributed by atoms with Crippen LogP contribution in [0.25, 0.3) is 0 Å². The van der Waals surface area contributed by atoms with Gasteiger partial charge in [0.1, 0.15) is 17.4 Å². The van der Waals surface area contributed by atoms with Gasteiger partial charge in [-0.3, -0.25) is 4.79 Å². The average molecular weight is 405 g/mol. The highest BCUT2D eigenvalue weighted by atomic mass is 16.6. The highest BCUT2D eigenvalue weighted by Gasteiger charge is 2.55. The fourth-order valence-electron chi connectivity index (χ4n) is 4.61. The van der Waals surface area contributed by atoms with Crippen molar-refractivity contribution in [1.82, 2.24) is 10.2 Å². The Labute approximate surface area is 166 Å². The van der Waals surface area contributed by atoms with E-state index in [1.165, 1.54) is 0 Å². The van der Waals surface area contributed by atoms with E-state index in [9.17, 15) is 29.9 Å². The lowest BCUT2D eigenvalue weighted by molar-refractivity contribution is -0.142. The van der Waals surface area contributed by atoms with Crippen molar-refractivity contribution in [3.05, 3.63) is 23.3 Å². The Bertz CT molecular complexity index is 887. The van der Waals surface area contributed by atoms with E-state index < -0.39 is 30.7 Å². The third kappa shape index (κ3) is 3.05. The molecule has 5 N–H and O–H groups in total. The molecule has 4 aliphatic rings. The number of β-amino-alcohol motifs (C(OH)–C–C–N with tert-alkyl or cyclic N) is 1. The Hall–Kier alpha value is -2.34. The number of amides is 1. The zero-order valence-electron chi connectivity index (χ0n) is 15.5. The molecule has 0 bridgehead atoms. The van der Waals surface area contributed by atoms with E-state index in [1.54, 1.807) is 17.0 Å². The molecule has 2 saturated heterocycles. The Balaban J connectivity index is 1.30. The molecule has 156 valence electrons. The van der Waals surface area contributed by atoms with Crippen molar-refractivity contribution in [3.63, 3.8) is 0 Å². The quantitative estimate of drug-likeness (QED) is 0.393. The zero-order chi connectivity index (χ0) is 20.5. The number of carboxylic acids is 1. The minimum atomic E-state index is -3.09. The van der Waals surface area contributed by atoms with Crippen LogP contribution in [0.5, 0.6) is 11.5 Å². The van der Waals surface area contributed by atoms with Gasteiger partial charge in [0.2, 0.25) is 5.91 Å². The van der Waals surface area contributed by atoms with Gasteiger partial charge in [-0.2, -0.15) is 0 Å². The summed E-state index contributed by atoms with van der Waals surface area (Å²) in [6, 6.07) is 2.86. The molecule has 1 saturated carbocycles. The predicted molar refractivity (Wildman–Crippen MR) is 98.7 cm³/mol. The number of benzene rings is 1. The number of aliphatic hydroxyl groups excluding tert-OH is 1. The molecule has 1 unspecified atom stereocenters. The number of likely N-dealkylation sites (tertiary alicyclic amines) is 1. The first-order valence-electron chi connectivity index (χ1n) is 9.80. The first kappa shape index (κ1) is 18.7. The summed E-state index contributed by atoms with van der Waals surface area (Å²) in [4.78, 5) is 25.9. The molecule has 1 aromatic rings. The lowest BCUT2D eigenvalue weighted by atomic mass is 9.68. The molecule has 1 aromatic carbocycles. The first-order chi connectivity index (χ1) is 13.7. The van der Waals surface area contributed by atoms with Crippen LogP contribution in [0, 0.1) is 0 Å². The fourth-order valence-corrected chi connectivity index (χ4v) is 4.61. The molecule has 3 fully saturated rings. The lowest BCUT2D eigenvalue weighted by Crippen LogP contribution is -2.59. The number of carboxylic acid groups (broad SMARTS) is 1. The van der Waals surface area contributed by atoms with Crippen LogP contribution < -0.4 is 14.7 Å². The van der Waals surface area contributed by atoms with E-state index >= 15 is 0 Å². The van der Waals surface area contributed by atoms with Gasteiger partial charge in [0.15, 0.2) is 0 Å². The summed E-state index contributed by atoms with van der Waals surface area (Å²) < 4.78 is 11.1. The van der Waals surface area contributed by atoms with Crippen molar-refractivity contribution in [2.75, 3.05) is 19.6 Å². The second-order valence-electron chi connectivity index (χ2n) is 8.38. The van der Waals surface area contributed by atoms with Gasteiger partial charge in [-0.1, -0.05) is 18.3 Å². The Kier molecular flexibility index (Phi) is 4.08. The van der Waals surface area contributed by atoms with Crippen molar-refractivity contribution in [3.8, 4) is 11.5 Å². The molecule has 0 spiro atoms. The summed E-state index contributed by atoms with van der Waals surface area (Å²) in [5.74, 6) is -1.87. The maximum Gasteiger partial charge on any atom is 0.434 e. The summed E-state index contributed by atoms with van der Waals surface area (Å²) in [6.45, 7) is -2.09. The van der Waals surface area contributed by atoms with E-state index in [1.807, 2.05) is 0 Å². The molecule has 29 heavy (non-hydrogen) atoms. The number of ether oxygens (including phenoxy) is 1. The highest BCUT2D eigenvalue weighted by molar-refractivity contribution is 6.62. The zero-order valence-corrected chi connectivity index (χ0v) is 15.5. The van der Waals surface area contributed by atoms with Crippen molar-refractivity contribution in [1.29, 1.82) is 0 Å². The molecule has 3 heterocycles. The SMILES string of the molecule is O=C(O)c1c(OC2CN(C(=O)[C@@H]3C[C@H](O)CN3)C2)ccc2c1O[B-](O)(O)[C@@H]1CC21. The van der Waals surface area contributed by atoms with Crippen LogP contribution in [0.2, 0.25) is 5.82 Å². The lowest BCUT2D eigenvalue weighted by Gasteiger charge is -2.41. The van der Waals surface area contributed by atoms with Crippen molar-refractivity contribution < 1.29 is 39.2 Å². The second kappa shape index (κ2) is 6.33. The van der Waals surface area contributed by atoms with Gasteiger partial charge in [-0.15, -0.1) is 0 Å². The maximum atomic E-state index is 12.4. The Morgan fingerprint density at radius 2 is 2.00 bits per heavy atom. The standard InChI is InChI=1S/C18H22BN2O8/c22-8-3-13(20-5-8)17(23)21-6-9(7-21)28-14-2-1-10-11-4-12(11)19(26,27)29-16(10)15(14)18(24)25/h1-2,8-9,11-13,20,22,26-27H,3-7H2,(H,24,25)/q-1/t8-,11?,12+,13-/m0/s1. The van der Waals surface area contributed by atoms with Crippen LogP contribution in [0.3, 0.4) is 0 Å². The summed E-state index contributed by atoms with van der Waals surface area (Å²) >= 11 is 0. The van der Waals surface area contributed by atoms with Gasteiger partial charge in [0.05, 0.1) is 31.0 Å². The molecule has 0 radical (unpaired) electrons. The second-order valence-corrected chi connectivity index (χ2v) is 8.38. The number of fused-ring (bicyclic) bond motifs is 3. The minimum absolute atomic E-state index is 0.0462. The van der Waals surface area contributed by atoms with Gasteiger partial charge in [0.25, 0.3) is 0 Å². The molecule has 11 heteroatoms. The van der Waals surface area contributed by atoms with Crippen LogP contribution in [0.15, 0.2) is 12.1 Å². The molecular formula is C18H22BN2O8-. The molecule has 5 rings (SSSR count). The number of nitrogens with zero attached hydrogens (tertiary/aromatic N) is 1. The van der Waals surface area contributed by atoms with Gasteiger partial charge < -0.3 is 39.9 Å². The van der Waals surface area contributed by atoms with Gasteiger partial charge in [-0.25, -0.2) is 4.79 Å². The van der Waals surface area contributed by atoms with Crippen LogP contribution in [0.1, 0.15) is 34.7 Å². The molecular weight excluding hydrogens is 383 g/mol. The van der Waals surface area contributed by atoms with Crippen molar-refractivity contribution >= 4 is 18.6 Å². The third-order valence-electron chi connectivity index (χ3n) is 6.31. The van der Waals surface area contributed by atoms with Crippen molar-refractivity contribution in [2.45, 2.75) is 42.8 Å². The van der Waals surface area contributed by atoms with Crippen LogP contribution >= 0.6 is 0 Å². The average Bonchev–Trinajstić information content (AvgIpc) is 3.32. The minimum Gasteiger partial charge on any atom is -0.669 e. The fraction of sp³-hybridized carbons (Fsp3) is 0.556. The maximum absolute atomic E-state index is 12.4. The van der Waals surface area contributed by atoms with E-state index in [0.29, 0.717) is 38.0 Å². The predicted octanol–water partition coefficient (Wildman–Crippen LogP) is -1.13. The molecule has 4 atom stereocenters. The topological polar surface area (TPSA) is 149 Å². The van der Waals surface area contributed by atoms with Crippen LogP contribution in [-0.2, 0) is 4.79 Å². The van der Waals surface area contributed by atoms with Crippen LogP contribution in [-0.4, -0.2) is 81.7 Å². The molecule has 1 amide bonds. The van der Waals surface area contributed by atoms with E-state index in [2.05, 4.69) is 5.32 Å². The summed E-state index contributed by atoms with van der Waals surface area (Å²) in [7, 11) is 0. The smallest absolute Gasteiger partial charge is 0.434 e. The number of hydrogen-bond donors (Lipinski definition) is 5. The third-order valence-corrected chi connectivity index (χ3v) is 6.31. The summed E-state index contributed by atoms with van der Waals surface area (Å²) in [5, 5.41) is 42.4. The molecule has 10 nitrogen and oxygen atoms in total. The highest BCUT2D eigenvalue weighted by Crippen LogP contribution is 2.63. The monoisotopic (exact) mass is 405 g/mol. The number of rotatable bonds is 4. The Morgan fingerprint density at radius 3 is 2.66 bits per heavy atom. The number of aliphatic hydroxyl groups is 1. The first-order valence-corrected chi connectivity index (χ1v) is 9.80. The van der Waals surface area contributed by atoms with Crippen LogP contribution in [0.4, 0.5) is 0 Å². The van der Waals surface area contributed by atoms with Gasteiger partial charge in [-0.05, 0) is 24.0 Å². The molecule has 3 aliphatic heterocycles. The van der Waals surface area contributed by atoms with Gasteiger partial charge >= 0.3 is 12.7 Å². The largest absolute Gasteiger partial charge is 0.669 e. The number of hydrogen-bond acceptors (Lipinski definition) is 8. The van der Waals surface area contributed by atoms with Crippen molar-refractivity contribution in [2.24, 2.45) is 0 Å². The Morgan fingerprint density at radius 1 is 1.24 bits per heavy atom. The number of aromatic carboxylic acids is 1. The van der Waals surface area contributed by atoms with E-state index in [4.69, 9.17) is 9.39 Å². The van der Waals surface area contributed by atoms with Gasteiger partial charge in [0, 0.05) is 6.54 Å². The molecule has 1 aliphatic carbocycles. The summed E-state index contributed by atoms with van der Waals surface area (Å²) in [6.07, 6.45) is 0.0178. The molecule has 0 aromatic heterocycles. The van der Waals surface area contributed by atoms with E-state index in [-0.39, 0.29) is 35.0 Å². The number of carbonyl (C=O) groups excluding carboxylic acids is 1. The number of carbonyl (C=O) groups is 2. The van der Waals surface area contributed by atoms with E-state index in [0.717, 1.165) is 0 Å². The normalized spacial score (nSPS) is 31.9.